The average Bonchev–Trinajstić information content (AvgIpc) is 3.29. The zero-order chi connectivity index (χ0) is 18.2. The molecule has 0 amide bonds. The smallest absolute Gasteiger partial charge is 0.276 e. The van der Waals surface area contributed by atoms with E-state index in [0.29, 0.717) is 17.5 Å². The third-order valence-electron chi connectivity index (χ3n) is 3.90. The molecule has 2 aromatic heterocycles. The van der Waals surface area contributed by atoms with Gasteiger partial charge in [-0.05, 0) is 18.6 Å². The van der Waals surface area contributed by atoms with Gasteiger partial charge in [-0.3, -0.25) is 0 Å². The zero-order valence-corrected chi connectivity index (χ0v) is 17.2. The molecule has 0 bridgehead atoms. The number of benzene rings is 1. The Bertz CT molecular complexity index is 801. The molecule has 0 saturated heterocycles. The molecule has 0 saturated carbocycles. The first-order chi connectivity index (χ1) is 12.7. The highest BCUT2D eigenvalue weighted by molar-refractivity contribution is 7.99. The molecule has 26 heavy (non-hydrogen) atoms. The molecule has 0 radical (unpaired) electrons. The lowest BCUT2D eigenvalue weighted by Crippen LogP contribution is -1.88. The standard InChI is InChI=1S/C19H22ClN3OS2/c1-2-3-4-5-6-11-25-19-23-22-17(24-19)12-16-13-26-18(21-16)14-7-9-15(20)10-8-14/h7-10,13H,2-6,11-12H2,1H3. The fraction of sp³-hybridized carbons (Fsp3) is 0.421. The fourth-order valence-electron chi connectivity index (χ4n) is 2.50. The van der Waals surface area contributed by atoms with Crippen LogP contribution in [0.2, 0.25) is 5.02 Å². The van der Waals surface area contributed by atoms with Gasteiger partial charge in [0.2, 0.25) is 5.89 Å². The number of halogens is 1. The van der Waals surface area contributed by atoms with Gasteiger partial charge in [0.25, 0.3) is 5.22 Å². The van der Waals surface area contributed by atoms with Crippen molar-refractivity contribution in [3.63, 3.8) is 0 Å². The van der Waals surface area contributed by atoms with Gasteiger partial charge in [-0.15, -0.1) is 21.5 Å². The molecular formula is C19H22ClN3OS2. The van der Waals surface area contributed by atoms with Crippen molar-refractivity contribution in [3.8, 4) is 10.6 Å². The van der Waals surface area contributed by atoms with E-state index in [1.165, 1.54) is 32.1 Å². The van der Waals surface area contributed by atoms with E-state index < -0.39 is 0 Å². The van der Waals surface area contributed by atoms with E-state index in [9.17, 15) is 0 Å². The molecule has 0 aliphatic carbocycles. The van der Waals surface area contributed by atoms with Crippen molar-refractivity contribution in [3.05, 3.63) is 46.3 Å². The van der Waals surface area contributed by atoms with Crippen molar-refractivity contribution >= 4 is 34.7 Å². The van der Waals surface area contributed by atoms with Gasteiger partial charge in [0.1, 0.15) is 5.01 Å². The van der Waals surface area contributed by atoms with Gasteiger partial charge in [-0.25, -0.2) is 4.98 Å². The number of aromatic nitrogens is 3. The molecule has 0 spiro atoms. The summed E-state index contributed by atoms with van der Waals surface area (Å²) in [7, 11) is 0. The van der Waals surface area contributed by atoms with Crippen LogP contribution in [0.15, 0.2) is 39.3 Å². The van der Waals surface area contributed by atoms with Crippen LogP contribution in [-0.4, -0.2) is 20.9 Å². The van der Waals surface area contributed by atoms with Gasteiger partial charge >= 0.3 is 0 Å². The molecule has 3 rings (SSSR count). The molecule has 138 valence electrons. The zero-order valence-electron chi connectivity index (χ0n) is 14.8. The second kappa shape index (κ2) is 10.1. The van der Waals surface area contributed by atoms with Gasteiger partial charge in [-0.2, -0.15) is 0 Å². The molecule has 0 fully saturated rings. The molecule has 2 heterocycles. The Hall–Kier alpha value is -1.37. The second-order valence-electron chi connectivity index (χ2n) is 6.05. The molecule has 7 heteroatoms. The van der Waals surface area contributed by atoms with E-state index in [1.54, 1.807) is 23.1 Å². The number of thiazole rings is 1. The number of unbranched alkanes of at least 4 members (excludes halogenated alkanes) is 4. The first kappa shape index (κ1) is 19.4. The highest BCUT2D eigenvalue weighted by Gasteiger charge is 2.11. The normalized spacial score (nSPS) is 11.2. The third kappa shape index (κ3) is 5.83. The molecule has 4 nitrogen and oxygen atoms in total. The molecule has 0 unspecified atom stereocenters. The lowest BCUT2D eigenvalue weighted by Gasteiger charge is -1.97. The molecule has 0 N–H and O–H groups in total. The highest BCUT2D eigenvalue weighted by atomic mass is 35.5. The predicted molar refractivity (Wildman–Crippen MR) is 109 cm³/mol. The van der Waals surface area contributed by atoms with Gasteiger partial charge in [-0.1, -0.05) is 68.1 Å². The minimum absolute atomic E-state index is 0.564. The summed E-state index contributed by atoms with van der Waals surface area (Å²) in [6, 6.07) is 7.71. The van der Waals surface area contributed by atoms with Crippen LogP contribution in [0.1, 0.15) is 50.6 Å². The molecule has 1 aromatic carbocycles. The van der Waals surface area contributed by atoms with Crippen LogP contribution in [-0.2, 0) is 6.42 Å². The van der Waals surface area contributed by atoms with Crippen LogP contribution < -0.4 is 0 Å². The van der Waals surface area contributed by atoms with Crippen molar-refractivity contribution in [1.82, 2.24) is 15.2 Å². The quantitative estimate of drug-likeness (QED) is 0.283. The SMILES string of the molecule is CCCCCCCSc1nnc(Cc2csc(-c3ccc(Cl)cc3)n2)o1. The maximum Gasteiger partial charge on any atom is 0.276 e. The van der Waals surface area contributed by atoms with Gasteiger partial charge in [0, 0.05) is 21.7 Å². The fourth-order valence-corrected chi connectivity index (χ4v) is 4.23. The van der Waals surface area contributed by atoms with Crippen LogP contribution in [0.5, 0.6) is 0 Å². The largest absolute Gasteiger partial charge is 0.416 e. The summed E-state index contributed by atoms with van der Waals surface area (Å²) in [5, 5.41) is 12.7. The molecule has 0 aliphatic heterocycles. The second-order valence-corrected chi connectivity index (χ2v) is 8.39. The number of rotatable bonds is 10. The number of hydrogen-bond acceptors (Lipinski definition) is 6. The Morgan fingerprint density at radius 2 is 1.88 bits per heavy atom. The summed E-state index contributed by atoms with van der Waals surface area (Å²) in [6.07, 6.45) is 6.94. The number of thioether (sulfide) groups is 1. The highest BCUT2D eigenvalue weighted by Crippen LogP contribution is 2.26. The van der Waals surface area contributed by atoms with Crippen LogP contribution in [0.25, 0.3) is 10.6 Å². The topological polar surface area (TPSA) is 51.8 Å². The van der Waals surface area contributed by atoms with E-state index in [1.807, 2.05) is 29.6 Å². The summed E-state index contributed by atoms with van der Waals surface area (Å²) < 4.78 is 5.73. The monoisotopic (exact) mass is 407 g/mol. The summed E-state index contributed by atoms with van der Waals surface area (Å²) in [6.45, 7) is 2.23. The van der Waals surface area contributed by atoms with E-state index in [0.717, 1.165) is 27.0 Å². The first-order valence-electron chi connectivity index (χ1n) is 8.90. The first-order valence-corrected chi connectivity index (χ1v) is 11.1. The Balaban J connectivity index is 1.49. The van der Waals surface area contributed by atoms with E-state index in [4.69, 9.17) is 16.0 Å². The molecule has 0 aliphatic rings. The summed E-state index contributed by atoms with van der Waals surface area (Å²) in [5.74, 6) is 1.65. The number of nitrogens with zero attached hydrogens (tertiary/aromatic N) is 3. The Morgan fingerprint density at radius 1 is 1.08 bits per heavy atom. The minimum atomic E-state index is 0.564. The summed E-state index contributed by atoms with van der Waals surface area (Å²) in [5.41, 5.74) is 2.01. The third-order valence-corrected chi connectivity index (χ3v) is 5.99. The Labute approximate surface area is 167 Å². The summed E-state index contributed by atoms with van der Waals surface area (Å²) >= 11 is 9.19. The van der Waals surface area contributed by atoms with E-state index in [-0.39, 0.29) is 0 Å². The van der Waals surface area contributed by atoms with Crippen LogP contribution >= 0.6 is 34.7 Å². The van der Waals surface area contributed by atoms with Crippen LogP contribution in [0.3, 0.4) is 0 Å². The van der Waals surface area contributed by atoms with Crippen LogP contribution in [0, 0.1) is 0 Å². The lowest BCUT2D eigenvalue weighted by atomic mass is 10.2. The van der Waals surface area contributed by atoms with Gasteiger partial charge < -0.3 is 4.42 Å². The Kier molecular flexibility index (Phi) is 7.53. The van der Waals surface area contributed by atoms with Crippen LogP contribution in [0.4, 0.5) is 0 Å². The maximum absolute atomic E-state index is 5.94. The minimum Gasteiger partial charge on any atom is -0.416 e. The molecule has 3 aromatic rings. The maximum atomic E-state index is 5.94. The van der Waals surface area contributed by atoms with Crippen molar-refractivity contribution in [2.45, 2.75) is 50.7 Å². The average molecular weight is 408 g/mol. The number of hydrogen-bond donors (Lipinski definition) is 0. The molecule has 0 atom stereocenters. The van der Waals surface area contributed by atoms with Gasteiger partial charge in [0.05, 0.1) is 12.1 Å². The van der Waals surface area contributed by atoms with Crippen molar-refractivity contribution in [1.29, 1.82) is 0 Å². The summed E-state index contributed by atoms with van der Waals surface area (Å²) in [4.78, 5) is 4.66. The van der Waals surface area contributed by atoms with Crippen molar-refractivity contribution in [2.75, 3.05) is 5.75 Å². The van der Waals surface area contributed by atoms with Crippen molar-refractivity contribution < 1.29 is 4.42 Å². The van der Waals surface area contributed by atoms with E-state index in [2.05, 4.69) is 22.1 Å². The predicted octanol–water partition coefficient (Wildman–Crippen LogP) is 6.50. The Morgan fingerprint density at radius 3 is 2.69 bits per heavy atom. The van der Waals surface area contributed by atoms with Crippen molar-refractivity contribution in [2.24, 2.45) is 0 Å². The lowest BCUT2D eigenvalue weighted by molar-refractivity contribution is 0.419. The molecular weight excluding hydrogens is 386 g/mol. The van der Waals surface area contributed by atoms with E-state index >= 15 is 0 Å². The van der Waals surface area contributed by atoms with Gasteiger partial charge in [0.15, 0.2) is 0 Å².